The lowest BCUT2D eigenvalue weighted by molar-refractivity contribution is -0.0780. The molecule has 2 aromatic rings. The molecule has 4 heteroatoms. The number of hydrogen-bond acceptors (Lipinski definition) is 4. The minimum atomic E-state index is -0.284. The number of nitrogens with zero attached hydrogens (tertiary/aromatic N) is 1. The predicted molar refractivity (Wildman–Crippen MR) is 88.5 cm³/mol. The van der Waals surface area contributed by atoms with Crippen molar-refractivity contribution >= 4 is 5.82 Å². The lowest BCUT2D eigenvalue weighted by atomic mass is 9.87. The standard InChI is InChI=1S/C18H23N3O/c19-17-9-8-16(13-21-17)18(14-20-11-12-22-18)10-4-7-15-5-2-1-3-6-15/h1-3,5-6,8-9,13,20H,4,7,10-12,14H2,(H2,19,21)/t18-/m0/s1. The van der Waals surface area contributed by atoms with Crippen LogP contribution >= 0.6 is 0 Å². The molecule has 22 heavy (non-hydrogen) atoms. The minimum absolute atomic E-state index is 0.284. The normalized spacial score (nSPS) is 21.6. The topological polar surface area (TPSA) is 60.2 Å². The third-order valence-electron chi connectivity index (χ3n) is 4.27. The van der Waals surface area contributed by atoms with Crippen LogP contribution in [0.2, 0.25) is 0 Å². The molecule has 3 N–H and O–H groups in total. The highest BCUT2D eigenvalue weighted by Crippen LogP contribution is 2.32. The maximum atomic E-state index is 6.19. The van der Waals surface area contributed by atoms with E-state index in [2.05, 4.69) is 40.6 Å². The monoisotopic (exact) mass is 297 g/mol. The average Bonchev–Trinajstić information content (AvgIpc) is 2.57. The minimum Gasteiger partial charge on any atom is -0.384 e. The molecule has 0 radical (unpaired) electrons. The summed E-state index contributed by atoms with van der Waals surface area (Å²) in [6.45, 7) is 2.46. The molecule has 1 aliphatic heterocycles. The summed E-state index contributed by atoms with van der Waals surface area (Å²) >= 11 is 0. The molecule has 1 saturated heterocycles. The number of nitrogens with one attached hydrogen (secondary N) is 1. The fraction of sp³-hybridized carbons (Fsp3) is 0.389. The van der Waals surface area contributed by atoms with E-state index in [0.717, 1.165) is 44.5 Å². The zero-order valence-corrected chi connectivity index (χ0v) is 12.8. The van der Waals surface area contributed by atoms with Crippen LogP contribution in [0.15, 0.2) is 48.7 Å². The Bertz CT molecular complexity index is 577. The van der Waals surface area contributed by atoms with Crippen LogP contribution in [-0.2, 0) is 16.8 Å². The highest BCUT2D eigenvalue weighted by Gasteiger charge is 2.35. The Hall–Kier alpha value is -1.91. The summed E-state index contributed by atoms with van der Waals surface area (Å²) in [5, 5.41) is 3.45. The Labute approximate surface area is 131 Å². The molecule has 1 aromatic heterocycles. The second-order valence-electron chi connectivity index (χ2n) is 5.83. The molecule has 0 saturated carbocycles. The van der Waals surface area contributed by atoms with Crippen LogP contribution in [0.25, 0.3) is 0 Å². The molecular weight excluding hydrogens is 274 g/mol. The van der Waals surface area contributed by atoms with Crippen LogP contribution in [0.3, 0.4) is 0 Å². The van der Waals surface area contributed by atoms with Gasteiger partial charge in [0.15, 0.2) is 0 Å². The third kappa shape index (κ3) is 3.46. The maximum absolute atomic E-state index is 6.19. The molecule has 0 spiro atoms. The number of morpholine rings is 1. The van der Waals surface area contributed by atoms with Crippen molar-refractivity contribution in [2.45, 2.75) is 24.9 Å². The SMILES string of the molecule is Nc1ccc([C@]2(CCCc3ccccc3)CNCCO2)cn1. The Kier molecular flexibility index (Phi) is 4.71. The molecule has 0 unspecified atom stereocenters. The quantitative estimate of drug-likeness (QED) is 0.890. The van der Waals surface area contributed by atoms with Crippen molar-refractivity contribution in [3.05, 3.63) is 59.8 Å². The number of anilines is 1. The van der Waals surface area contributed by atoms with Crippen molar-refractivity contribution in [2.24, 2.45) is 0 Å². The summed E-state index contributed by atoms with van der Waals surface area (Å²) in [6.07, 6.45) is 4.97. The van der Waals surface area contributed by atoms with Gasteiger partial charge in [0.1, 0.15) is 11.4 Å². The van der Waals surface area contributed by atoms with Crippen molar-refractivity contribution < 1.29 is 4.74 Å². The van der Waals surface area contributed by atoms with E-state index in [1.807, 2.05) is 18.3 Å². The largest absolute Gasteiger partial charge is 0.384 e. The fourth-order valence-electron chi connectivity index (χ4n) is 3.05. The maximum Gasteiger partial charge on any atom is 0.123 e. The summed E-state index contributed by atoms with van der Waals surface area (Å²) in [5.41, 5.74) is 7.91. The highest BCUT2D eigenvalue weighted by atomic mass is 16.5. The summed E-state index contributed by atoms with van der Waals surface area (Å²) < 4.78 is 6.19. The second-order valence-corrected chi connectivity index (χ2v) is 5.83. The number of rotatable bonds is 5. The lowest BCUT2D eigenvalue weighted by Gasteiger charge is -2.38. The Balaban J connectivity index is 1.70. The van der Waals surface area contributed by atoms with Crippen LogP contribution in [0.1, 0.15) is 24.0 Å². The van der Waals surface area contributed by atoms with E-state index >= 15 is 0 Å². The summed E-state index contributed by atoms with van der Waals surface area (Å²) in [6, 6.07) is 14.5. The van der Waals surface area contributed by atoms with E-state index in [-0.39, 0.29) is 5.60 Å². The summed E-state index contributed by atoms with van der Waals surface area (Å²) in [4.78, 5) is 4.24. The molecular formula is C18H23N3O. The van der Waals surface area contributed by atoms with E-state index in [9.17, 15) is 0 Å². The first-order valence-corrected chi connectivity index (χ1v) is 7.89. The van der Waals surface area contributed by atoms with Crippen molar-refractivity contribution in [2.75, 3.05) is 25.4 Å². The van der Waals surface area contributed by atoms with Gasteiger partial charge in [-0.3, -0.25) is 0 Å². The van der Waals surface area contributed by atoms with Crippen LogP contribution < -0.4 is 11.1 Å². The van der Waals surface area contributed by atoms with E-state index in [1.54, 1.807) is 0 Å². The first-order chi connectivity index (χ1) is 10.8. The van der Waals surface area contributed by atoms with Gasteiger partial charge >= 0.3 is 0 Å². The zero-order valence-electron chi connectivity index (χ0n) is 12.8. The summed E-state index contributed by atoms with van der Waals surface area (Å²) in [7, 11) is 0. The number of benzene rings is 1. The molecule has 1 atom stereocenters. The molecule has 0 amide bonds. The first-order valence-electron chi connectivity index (χ1n) is 7.89. The van der Waals surface area contributed by atoms with Gasteiger partial charge in [-0.2, -0.15) is 0 Å². The second kappa shape index (κ2) is 6.90. The number of aryl methyl sites for hydroxylation is 1. The first kappa shape index (κ1) is 15.0. The predicted octanol–water partition coefficient (Wildman–Crippen LogP) is 2.50. The fourth-order valence-corrected chi connectivity index (χ4v) is 3.05. The smallest absolute Gasteiger partial charge is 0.123 e. The molecule has 0 aliphatic carbocycles. The third-order valence-corrected chi connectivity index (χ3v) is 4.27. The van der Waals surface area contributed by atoms with Gasteiger partial charge < -0.3 is 15.8 Å². The highest BCUT2D eigenvalue weighted by molar-refractivity contribution is 5.32. The Morgan fingerprint density at radius 1 is 1.18 bits per heavy atom. The van der Waals surface area contributed by atoms with Crippen molar-refractivity contribution in [1.82, 2.24) is 10.3 Å². The van der Waals surface area contributed by atoms with Gasteiger partial charge in [-0.05, 0) is 30.9 Å². The Morgan fingerprint density at radius 2 is 2.05 bits per heavy atom. The van der Waals surface area contributed by atoms with Gasteiger partial charge in [0.25, 0.3) is 0 Å². The molecule has 116 valence electrons. The number of aromatic nitrogens is 1. The van der Waals surface area contributed by atoms with Crippen LogP contribution in [0.4, 0.5) is 5.82 Å². The van der Waals surface area contributed by atoms with E-state index in [0.29, 0.717) is 5.82 Å². The Morgan fingerprint density at radius 3 is 2.73 bits per heavy atom. The van der Waals surface area contributed by atoms with Gasteiger partial charge in [-0.15, -0.1) is 0 Å². The molecule has 3 rings (SSSR count). The summed E-state index contributed by atoms with van der Waals surface area (Å²) in [5.74, 6) is 0.548. The van der Waals surface area contributed by atoms with Gasteiger partial charge in [0.05, 0.1) is 6.61 Å². The van der Waals surface area contributed by atoms with Gasteiger partial charge in [0.2, 0.25) is 0 Å². The van der Waals surface area contributed by atoms with Crippen molar-refractivity contribution in [1.29, 1.82) is 0 Å². The number of nitrogen functional groups attached to an aromatic ring is 1. The average molecular weight is 297 g/mol. The molecule has 0 bridgehead atoms. The molecule has 1 aromatic carbocycles. The van der Waals surface area contributed by atoms with Crippen LogP contribution in [-0.4, -0.2) is 24.7 Å². The van der Waals surface area contributed by atoms with Crippen molar-refractivity contribution in [3.63, 3.8) is 0 Å². The molecule has 2 heterocycles. The lowest BCUT2D eigenvalue weighted by Crippen LogP contribution is -2.47. The van der Waals surface area contributed by atoms with E-state index in [1.165, 1.54) is 5.56 Å². The van der Waals surface area contributed by atoms with Crippen LogP contribution in [0, 0.1) is 0 Å². The van der Waals surface area contributed by atoms with Crippen molar-refractivity contribution in [3.8, 4) is 0 Å². The molecule has 1 fully saturated rings. The molecule has 4 nitrogen and oxygen atoms in total. The van der Waals surface area contributed by atoms with E-state index in [4.69, 9.17) is 10.5 Å². The number of pyridine rings is 1. The number of nitrogens with two attached hydrogens (primary N) is 1. The van der Waals surface area contributed by atoms with E-state index < -0.39 is 0 Å². The molecule has 1 aliphatic rings. The van der Waals surface area contributed by atoms with Crippen LogP contribution in [0.5, 0.6) is 0 Å². The number of ether oxygens (including phenoxy) is 1. The van der Waals surface area contributed by atoms with Gasteiger partial charge in [0, 0.05) is 24.8 Å². The van der Waals surface area contributed by atoms with Gasteiger partial charge in [-0.25, -0.2) is 4.98 Å². The zero-order chi connectivity index (χ0) is 15.3. The number of hydrogen-bond donors (Lipinski definition) is 2. The van der Waals surface area contributed by atoms with Gasteiger partial charge in [-0.1, -0.05) is 36.4 Å².